The van der Waals surface area contributed by atoms with E-state index >= 15 is 0 Å². The van der Waals surface area contributed by atoms with E-state index in [9.17, 15) is 14.7 Å². The molecule has 0 saturated heterocycles. The average molecular weight is 520 g/mol. The van der Waals surface area contributed by atoms with Crippen molar-refractivity contribution < 1.29 is 14.7 Å². The van der Waals surface area contributed by atoms with E-state index in [0.717, 1.165) is 11.1 Å². The van der Waals surface area contributed by atoms with Gasteiger partial charge in [-0.2, -0.15) is 0 Å². The van der Waals surface area contributed by atoms with E-state index in [0.29, 0.717) is 34.1 Å². The van der Waals surface area contributed by atoms with Crippen LogP contribution in [0.5, 0.6) is 0 Å². The molecule has 0 spiro atoms. The zero-order chi connectivity index (χ0) is 27.7. The average Bonchev–Trinajstić information content (AvgIpc) is 3.39. The number of carbonyl (C=O) groups excluding carboxylic acids is 1. The minimum Gasteiger partial charge on any atom is -0.478 e. The van der Waals surface area contributed by atoms with Crippen LogP contribution in [0.4, 0.5) is 17.2 Å². The van der Waals surface area contributed by atoms with Crippen LogP contribution in [0.1, 0.15) is 52.6 Å². The first kappa shape index (κ1) is 25.7. The molecule has 0 fully saturated rings. The number of anilines is 3. The molecule has 1 amide bonds. The van der Waals surface area contributed by atoms with Gasteiger partial charge in [-0.1, -0.05) is 45.0 Å². The number of aromatic nitrogens is 3. The fraction of sp³-hybridized carbons (Fsp3) is 0.161. The summed E-state index contributed by atoms with van der Waals surface area (Å²) in [7, 11) is 0. The van der Waals surface area contributed by atoms with E-state index in [1.807, 2.05) is 66.2 Å². The van der Waals surface area contributed by atoms with Crippen molar-refractivity contribution in [3.05, 3.63) is 108 Å². The molecule has 8 heteroatoms. The van der Waals surface area contributed by atoms with E-state index < -0.39 is 5.97 Å². The standard InChI is InChI=1S/C31H29N5O3/c1-19-24(6-5-7-25(19)35-29(37)20-8-12-22(13-9-20)31(2,3)4)26-18-36-17-16-32-28(36)27(34-26)33-23-14-10-21(11-15-23)30(38)39/h5-18H,1-4H3,(H,33,34)(H,35,37)(H,38,39). The second-order valence-electron chi connectivity index (χ2n) is 10.4. The summed E-state index contributed by atoms with van der Waals surface area (Å²) in [6.45, 7) is 8.37. The molecular formula is C31H29N5O3. The smallest absolute Gasteiger partial charge is 0.335 e. The maximum Gasteiger partial charge on any atom is 0.335 e. The summed E-state index contributed by atoms with van der Waals surface area (Å²) >= 11 is 0. The monoisotopic (exact) mass is 519 g/mol. The lowest BCUT2D eigenvalue weighted by Gasteiger charge is -2.19. The number of benzene rings is 3. The highest BCUT2D eigenvalue weighted by atomic mass is 16.4. The molecule has 3 aromatic carbocycles. The predicted molar refractivity (Wildman–Crippen MR) is 153 cm³/mol. The van der Waals surface area contributed by atoms with E-state index in [-0.39, 0.29) is 16.9 Å². The first-order valence-corrected chi connectivity index (χ1v) is 12.6. The van der Waals surface area contributed by atoms with Gasteiger partial charge >= 0.3 is 5.97 Å². The van der Waals surface area contributed by atoms with Crippen LogP contribution in [0, 0.1) is 6.92 Å². The summed E-state index contributed by atoms with van der Waals surface area (Å²) in [6, 6.07) is 19.8. The third kappa shape index (κ3) is 5.36. The molecule has 0 aliphatic heterocycles. The Balaban J connectivity index is 1.45. The Bertz CT molecular complexity index is 1680. The van der Waals surface area contributed by atoms with Crippen molar-refractivity contribution in [2.45, 2.75) is 33.1 Å². The Hall–Kier alpha value is -4.98. The molecule has 3 N–H and O–H groups in total. The topological polar surface area (TPSA) is 109 Å². The molecule has 0 atom stereocenters. The first-order valence-electron chi connectivity index (χ1n) is 12.6. The molecule has 5 aromatic rings. The quantitative estimate of drug-likeness (QED) is 0.230. The van der Waals surface area contributed by atoms with Crippen molar-refractivity contribution in [3.8, 4) is 11.3 Å². The van der Waals surface area contributed by atoms with E-state index in [4.69, 9.17) is 4.98 Å². The van der Waals surface area contributed by atoms with Gasteiger partial charge in [0.1, 0.15) is 0 Å². The fourth-order valence-electron chi connectivity index (χ4n) is 4.34. The summed E-state index contributed by atoms with van der Waals surface area (Å²) < 4.78 is 1.87. The van der Waals surface area contributed by atoms with Gasteiger partial charge in [0.2, 0.25) is 0 Å². The number of amides is 1. The molecule has 8 nitrogen and oxygen atoms in total. The van der Waals surface area contributed by atoms with Gasteiger partial charge in [-0.3, -0.25) is 4.79 Å². The van der Waals surface area contributed by atoms with Crippen molar-refractivity contribution in [2.24, 2.45) is 0 Å². The molecule has 5 rings (SSSR count). The molecule has 196 valence electrons. The lowest BCUT2D eigenvalue weighted by molar-refractivity contribution is 0.0696. The Morgan fingerprint density at radius 3 is 2.28 bits per heavy atom. The summed E-state index contributed by atoms with van der Waals surface area (Å²) in [5.41, 5.74) is 6.40. The normalized spacial score (nSPS) is 11.4. The minimum atomic E-state index is -0.985. The van der Waals surface area contributed by atoms with Gasteiger partial charge in [0.25, 0.3) is 5.91 Å². The third-order valence-electron chi connectivity index (χ3n) is 6.64. The lowest BCUT2D eigenvalue weighted by atomic mass is 9.86. The molecule has 0 radical (unpaired) electrons. The van der Waals surface area contributed by atoms with Crippen molar-refractivity contribution in [1.29, 1.82) is 0 Å². The van der Waals surface area contributed by atoms with E-state index in [2.05, 4.69) is 36.4 Å². The summed E-state index contributed by atoms with van der Waals surface area (Å²) in [5, 5.41) is 15.5. The van der Waals surface area contributed by atoms with Crippen molar-refractivity contribution in [2.75, 3.05) is 10.6 Å². The van der Waals surface area contributed by atoms with E-state index in [1.165, 1.54) is 17.7 Å². The zero-order valence-corrected chi connectivity index (χ0v) is 22.2. The highest BCUT2D eigenvalue weighted by molar-refractivity contribution is 6.05. The maximum absolute atomic E-state index is 13.1. The number of rotatable bonds is 6. The summed E-state index contributed by atoms with van der Waals surface area (Å²) in [4.78, 5) is 33.5. The number of fused-ring (bicyclic) bond motifs is 1. The van der Waals surface area contributed by atoms with Gasteiger partial charge in [0.15, 0.2) is 11.5 Å². The molecule has 0 aliphatic rings. The van der Waals surface area contributed by atoms with Crippen LogP contribution in [0.2, 0.25) is 0 Å². The van der Waals surface area contributed by atoms with Gasteiger partial charge in [0.05, 0.1) is 11.3 Å². The number of carboxylic acid groups (broad SMARTS) is 1. The van der Waals surface area contributed by atoms with Gasteiger partial charge in [-0.05, 0) is 65.9 Å². The van der Waals surface area contributed by atoms with Crippen LogP contribution in [0.25, 0.3) is 16.9 Å². The van der Waals surface area contributed by atoms with Gasteiger partial charge in [0, 0.05) is 41.1 Å². The van der Waals surface area contributed by atoms with Crippen molar-refractivity contribution >= 4 is 34.7 Å². The Labute approximate surface area is 226 Å². The number of imidazole rings is 1. The Kier molecular flexibility index (Phi) is 6.62. The third-order valence-corrected chi connectivity index (χ3v) is 6.64. The fourth-order valence-corrected chi connectivity index (χ4v) is 4.34. The number of nitrogens with one attached hydrogen (secondary N) is 2. The van der Waals surface area contributed by atoms with Crippen LogP contribution in [-0.2, 0) is 5.41 Å². The van der Waals surface area contributed by atoms with Crippen LogP contribution in [0.3, 0.4) is 0 Å². The van der Waals surface area contributed by atoms with Crippen molar-refractivity contribution in [3.63, 3.8) is 0 Å². The molecule has 2 aromatic heterocycles. The largest absolute Gasteiger partial charge is 0.478 e. The van der Waals surface area contributed by atoms with Crippen LogP contribution >= 0.6 is 0 Å². The van der Waals surface area contributed by atoms with Crippen LogP contribution in [-0.4, -0.2) is 31.4 Å². The molecular weight excluding hydrogens is 490 g/mol. The molecule has 0 unspecified atom stereocenters. The number of aromatic carboxylic acids is 1. The number of carbonyl (C=O) groups is 2. The lowest BCUT2D eigenvalue weighted by Crippen LogP contribution is -2.15. The number of nitrogens with zero attached hydrogens (tertiary/aromatic N) is 3. The maximum atomic E-state index is 13.1. The van der Waals surface area contributed by atoms with E-state index in [1.54, 1.807) is 18.3 Å². The molecule has 2 heterocycles. The van der Waals surface area contributed by atoms with Gasteiger partial charge in [-0.15, -0.1) is 0 Å². The summed E-state index contributed by atoms with van der Waals surface area (Å²) in [6.07, 6.45) is 5.41. The zero-order valence-electron chi connectivity index (χ0n) is 22.2. The molecule has 0 aliphatic carbocycles. The second kappa shape index (κ2) is 10.1. The molecule has 0 saturated carbocycles. The van der Waals surface area contributed by atoms with Crippen LogP contribution < -0.4 is 10.6 Å². The van der Waals surface area contributed by atoms with Gasteiger partial charge < -0.3 is 20.1 Å². The minimum absolute atomic E-state index is 0.0128. The van der Waals surface area contributed by atoms with Gasteiger partial charge in [-0.25, -0.2) is 14.8 Å². The predicted octanol–water partition coefficient (Wildman–Crippen LogP) is 6.70. The Morgan fingerprint density at radius 2 is 1.62 bits per heavy atom. The highest BCUT2D eigenvalue weighted by Crippen LogP contribution is 2.31. The first-order chi connectivity index (χ1) is 18.6. The number of hydrogen-bond acceptors (Lipinski definition) is 5. The SMILES string of the molecule is Cc1c(NC(=O)c2ccc(C(C)(C)C)cc2)cccc1-c1cn2ccnc2c(Nc2ccc(C(=O)O)cc2)n1. The van der Waals surface area contributed by atoms with Crippen LogP contribution in [0.15, 0.2) is 85.3 Å². The number of hydrogen-bond donors (Lipinski definition) is 3. The Morgan fingerprint density at radius 1 is 0.923 bits per heavy atom. The number of carboxylic acids is 1. The molecule has 39 heavy (non-hydrogen) atoms. The highest BCUT2D eigenvalue weighted by Gasteiger charge is 2.17. The summed E-state index contributed by atoms with van der Waals surface area (Å²) in [5.74, 6) is -0.643. The second-order valence-corrected chi connectivity index (χ2v) is 10.4. The molecule has 0 bridgehead atoms. The van der Waals surface area contributed by atoms with Crippen molar-refractivity contribution in [1.82, 2.24) is 14.4 Å².